The zero-order valence-electron chi connectivity index (χ0n) is 22.5. The van der Waals surface area contributed by atoms with Crippen LogP contribution in [-0.4, -0.2) is 82.8 Å². The number of nitrogens with zero attached hydrogens (tertiary/aromatic N) is 6. The summed E-state index contributed by atoms with van der Waals surface area (Å²) in [6.45, 7) is 4.41. The van der Waals surface area contributed by atoms with E-state index in [0.29, 0.717) is 67.6 Å². The molecule has 1 aromatic carbocycles. The molecule has 2 saturated heterocycles. The van der Waals surface area contributed by atoms with Gasteiger partial charge in [-0.15, -0.1) is 0 Å². The number of hydrogen-bond donors (Lipinski definition) is 2. The smallest absolute Gasteiger partial charge is 0.277 e. The maximum Gasteiger partial charge on any atom is 0.277 e. The first-order valence-electron chi connectivity index (χ1n) is 13.5. The van der Waals surface area contributed by atoms with Crippen LogP contribution in [-0.2, 0) is 11.3 Å². The van der Waals surface area contributed by atoms with Gasteiger partial charge >= 0.3 is 0 Å². The molecule has 2 N–H and O–H groups in total. The Kier molecular flexibility index (Phi) is 7.49. The van der Waals surface area contributed by atoms with Crippen molar-refractivity contribution in [2.75, 3.05) is 62.7 Å². The molecule has 0 atom stereocenters. The van der Waals surface area contributed by atoms with Crippen LogP contribution < -0.4 is 15.5 Å². The Hall–Kier alpha value is -3.81. The Labute approximate surface area is 234 Å². The number of benzene rings is 1. The summed E-state index contributed by atoms with van der Waals surface area (Å²) in [6.07, 6.45) is 4.84. The fourth-order valence-electron chi connectivity index (χ4n) is 5.23. The number of aryl methyl sites for hydroxylation is 1. The zero-order chi connectivity index (χ0) is 28.6. The number of anilines is 3. The molecule has 0 unspecified atom stereocenters. The second-order valence-corrected chi connectivity index (χ2v) is 10.4. The third-order valence-corrected chi connectivity index (χ3v) is 7.29. The molecular weight excluding hydrogens is 540 g/mol. The SMILES string of the molecule is Cc1cc(Nc2ncc3ccn(-c4cc(F)c(CN5CCOCC5)c(F)c4)c3n2)cnc1N1CCNCC(F)(F)C1. The number of hydrogen-bond acceptors (Lipinski definition) is 8. The minimum Gasteiger partial charge on any atom is -0.379 e. The van der Waals surface area contributed by atoms with Gasteiger partial charge in [0.1, 0.15) is 23.1 Å². The van der Waals surface area contributed by atoms with Crippen molar-refractivity contribution in [3.63, 3.8) is 0 Å². The van der Waals surface area contributed by atoms with Gasteiger partial charge in [-0.1, -0.05) is 0 Å². The summed E-state index contributed by atoms with van der Waals surface area (Å²) in [7, 11) is 0. The van der Waals surface area contributed by atoms with E-state index in [-0.39, 0.29) is 24.6 Å². The molecule has 2 aliphatic heterocycles. The van der Waals surface area contributed by atoms with Crippen LogP contribution in [0.15, 0.2) is 42.9 Å². The highest BCUT2D eigenvalue weighted by Gasteiger charge is 2.34. The number of rotatable bonds is 6. The number of fused-ring (bicyclic) bond motifs is 1. The Morgan fingerprint density at radius 3 is 2.59 bits per heavy atom. The summed E-state index contributed by atoms with van der Waals surface area (Å²) >= 11 is 0. The van der Waals surface area contributed by atoms with Crippen molar-refractivity contribution in [2.24, 2.45) is 0 Å². The molecule has 0 amide bonds. The first kappa shape index (κ1) is 27.4. The summed E-state index contributed by atoms with van der Waals surface area (Å²) in [4.78, 5) is 16.9. The van der Waals surface area contributed by atoms with Crippen LogP contribution >= 0.6 is 0 Å². The van der Waals surface area contributed by atoms with Gasteiger partial charge in [-0.25, -0.2) is 27.5 Å². The van der Waals surface area contributed by atoms with E-state index in [1.54, 1.807) is 40.2 Å². The van der Waals surface area contributed by atoms with E-state index < -0.39 is 24.1 Å². The average molecular weight is 571 g/mol. The molecule has 216 valence electrons. The lowest BCUT2D eigenvalue weighted by atomic mass is 10.1. The Morgan fingerprint density at radius 1 is 1.05 bits per heavy atom. The predicted molar refractivity (Wildman–Crippen MR) is 147 cm³/mol. The molecule has 3 aromatic heterocycles. The minimum absolute atomic E-state index is 0.0237. The minimum atomic E-state index is -2.85. The highest BCUT2D eigenvalue weighted by atomic mass is 19.3. The van der Waals surface area contributed by atoms with Crippen molar-refractivity contribution in [1.29, 1.82) is 0 Å². The van der Waals surface area contributed by atoms with E-state index in [1.165, 1.54) is 12.1 Å². The molecule has 13 heteroatoms. The van der Waals surface area contributed by atoms with Crippen molar-refractivity contribution in [3.05, 3.63) is 65.6 Å². The maximum atomic E-state index is 15.1. The van der Waals surface area contributed by atoms with Gasteiger partial charge in [-0.05, 0) is 36.8 Å². The first-order valence-corrected chi connectivity index (χ1v) is 13.5. The molecule has 41 heavy (non-hydrogen) atoms. The van der Waals surface area contributed by atoms with E-state index >= 15 is 8.78 Å². The number of pyridine rings is 1. The van der Waals surface area contributed by atoms with Gasteiger partial charge in [0, 0.05) is 56.1 Å². The van der Waals surface area contributed by atoms with Crippen LogP contribution in [0.25, 0.3) is 16.7 Å². The van der Waals surface area contributed by atoms with Gasteiger partial charge in [-0.3, -0.25) is 4.90 Å². The van der Waals surface area contributed by atoms with Crippen molar-refractivity contribution in [3.8, 4) is 5.69 Å². The Balaban J connectivity index is 1.23. The number of nitrogens with one attached hydrogen (secondary N) is 2. The topological polar surface area (TPSA) is 83.4 Å². The number of halogens is 4. The standard InChI is InChI=1S/C28H30F4N8O/c1-18-10-20(14-34-25(18)39-5-3-33-16-28(31,32)17-39)36-27-35-13-19-2-4-40(26(19)37-27)21-11-23(29)22(24(30)12-21)15-38-6-8-41-9-7-38/h2,4,10-14,33H,3,5-9,15-17H2,1H3,(H,35,36,37). The first-order chi connectivity index (χ1) is 19.8. The quantitative estimate of drug-likeness (QED) is 0.337. The normalized spacial score (nSPS) is 18.0. The number of ether oxygens (including phenoxy) is 1. The fourth-order valence-corrected chi connectivity index (χ4v) is 5.23. The Bertz CT molecular complexity index is 1530. The molecule has 0 spiro atoms. The molecule has 0 radical (unpaired) electrons. The summed E-state index contributed by atoms with van der Waals surface area (Å²) in [5, 5.41) is 6.55. The molecule has 0 saturated carbocycles. The van der Waals surface area contributed by atoms with Crippen LogP contribution in [0.1, 0.15) is 11.1 Å². The molecule has 0 aliphatic carbocycles. The zero-order valence-corrected chi connectivity index (χ0v) is 22.5. The molecule has 9 nitrogen and oxygen atoms in total. The van der Waals surface area contributed by atoms with E-state index in [4.69, 9.17) is 4.74 Å². The lowest BCUT2D eigenvalue weighted by molar-refractivity contribution is 0.0156. The van der Waals surface area contributed by atoms with Gasteiger partial charge in [0.05, 0.1) is 43.9 Å². The predicted octanol–water partition coefficient (Wildman–Crippen LogP) is 4.02. The molecular formula is C28H30F4N8O. The van der Waals surface area contributed by atoms with E-state index in [2.05, 4.69) is 25.6 Å². The molecule has 2 aliphatic rings. The van der Waals surface area contributed by atoms with Gasteiger partial charge in [0.25, 0.3) is 5.92 Å². The van der Waals surface area contributed by atoms with Crippen LogP contribution in [0.4, 0.5) is 35.0 Å². The van der Waals surface area contributed by atoms with Crippen molar-refractivity contribution in [1.82, 2.24) is 29.7 Å². The third kappa shape index (κ3) is 5.97. The van der Waals surface area contributed by atoms with Gasteiger partial charge in [0.15, 0.2) is 0 Å². The average Bonchev–Trinajstić information content (AvgIpc) is 3.27. The van der Waals surface area contributed by atoms with Crippen molar-refractivity contribution < 1.29 is 22.3 Å². The van der Waals surface area contributed by atoms with Crippen LogP contribution in [0, 0.1) is 18.6 Å². The number of aromatic nitrogens is 4. The van der Waals surface area contributed by atoms with E-state index in [0.717, 1.165) is 5.56 Å². The number of alkyl halides is 2. The van der Waals surface area contributed by atoms with Crippen molar-refractivity contribution >= 4 is 28.5 Å². The summed E-state index contributed by atoms with van der Waals surface area (Å²) in [6, 6.07) is 6.18. The fraction of sp³-hybridized carbons (Fsp3) is 0.393. The van der Waals surface area contributed by atoms with Crippen molar-refractivity contribution in [2.45, 2.75) is 19.4 Å². The molecule has 2 fully saturated rings. The van der Waals surface area contributed by atoms with Crippen LogP contribution in [0.2, 0.25) is 0 Å². The Morgan fingerprint density at radius 2 is 1.83 bits per heavy atom. The van der Waals surface area contributed by atoms with E-state index in [9.17, 15) is 8.78 Å². The monoisotopic (exact) mass is 570 g/mol. The van der Waals surface area contributed by atoms with Crippen LogP contribution in [0.3, 0.4) is 0 Å². The summed E-state index contributed by atoms with van der Waals surface area (Å²) < 4.78 is 65.3. The van der Waals surface area contributed by atoms with Gasteiger partial charge in [0.2, 0.25) is 5.95 Å². The van der Waals surface area contributed by atoms with Gasteiger partial charge in [-0.2, -0.15) is 4.98 Å². The number of morpholine rings is 1. The largest absolute Gasteiger partial charge is 0.379 e. The molecule has 0 bridgehead atoms. The summed E-state index contributed by atoms with van der Waals surface area (Å²) in [5.74, 6) is -3.36. The second-order valence-electron chi connectivity index (χ2n) is 10.4. The maximum absolute atomic E-state index is 15.1. The third-order valence-electron chi connectivity index (χ3n) is 7.29. The van der Waals surface area contributed by atoms with E-state index in [1.807, 2.05) is 11.8 Å². The summed E-state index contributed by atoms with van der Waals surface area (Å²) in [5.41, 5.74) is 2.09. The second kappa shape index (κ2) is 11.2. The lowest BCUT2D eigenvalue weighted by Crippen LogP contribution is -2.39. The van der Waals surface area contributed by atoms with Crippen LogP contribution in [0.5, 0.6) is 0 Å². The molecule has 4 aromatic rings. The molecule has 6 rings (SSSR count). The molecule has 5 heterocycles. The highest BCUT2D eigenvalue weighted by Crippen LogP contribution is 2.28. The highest BCUT2D eigenvalue weighted by molar-refractivity contribution is 5.79. The van der Waals surface area contributed by atoms with Gasteiger partial charge < -0.3 is 24.8 Å². The lowest BCUT2D eigenvalue weighted by Gasteiger charge is -2.27.